The van der Waals surface area contributed by atoms with E-state index in [9.17, 15) is 18.8 Å². The Hall–Kier alpha value is -3.39. The highest BCUT2D eigenvalue weighted by Gasteiger charge is 2.69. The minimum absolute atomic E-state index is 0.0220. The highest BCUT2D eigenvalue weighted by atomic mass is 35.5. The van der Waals surface area contributed by atoms with Gasteiger partial charge in [-0.25, -0.2) is 4.39 Å². The predicted molar refractivity (Wildman–Crippen MR) is 128 cm³/mol. The molecule has 1 heterocycles. The van der Waals surface area contributed by atoms with Crippen LogP contribution in [-0.2, 0) is 4.79 Å². The molecule has 2 bridgehead atoms. The number of ether oxygens (including phenoxy) is 1. The minimum atomic E-state index is -0.621. The lowest BCUT2D eigenvalue weighted by Crippen LogP contribution is -2.84. The van der Waals surface area contributed by atoms with Crippen LogP contribution in [0.3, 0.4) is 0 Å². The first kappa shape index (κ1) is 23.4. The highest BCUT2D eigenvalue weighted by molar-refractivity contribution is 6.30. The van der Waals surface area contributed by atoms with Crippen LogP contribution in [0.5, 0.6) is 5.75 Å². The summed E-state index contributed by atoms with van der Waals surface area (Å²) >= 11 is 5.64. The smallest absolute Gasteiger partial charge is 0.287 e. The van der Waals surface area contributed by atoms with Crippen molar-refractivity contribution in [3.8, 4) is 5.75 Å². The van der Waals surface area contributed by atoms with E-state index >= 15 is 0 Å². The molecule has 1 aromatic heterocycles. The number of rotatable bonds is 7. The first-order valence-electron chi connectivity index (χ1n) is 11.4. The molecule has 0 aliphatic heterocycles. The molecule has 0 spiro atoms. The van der Waals surface area contributed by atoms with Crippen LogP contribution in [0.25, 0.3) is 11.0 Å². The molecule has 0 unspecified atom stereocenters. The van der Waals surface area contributed by atoms with E-state index in [0.717, 1.165) is 11.6 Å². The van der Waals surface area contributed by atoms with E-state index in [2.05, 4.69) is 10.6 Å². The molecule has 0 radical (unpaired) electrons. The molecular weight excluding hydrogens is 475 g/mol. The van der Waals surface area contributed by atoms with Crippen LogP contribution in [0.2, 0.25) is 5.02 Å². The zero-order valence-electron chi connectivity index (χ0n) is 19.2. The molecule has 35 heavy (non-hydrogen) atoms. The number of halogens is 2. The van der Waals surface area contributed by atoms with Crippen LogP contribution in [0.1, 0.15) is 55.1 Å². The molecule has 3 aromatic rings. The van der Waals surface area contributed by atoms with Gasteiger partial charge in [-0.05, 0) is 55.0 Å². The normalized spacial score (nSPS) is 22.3. The summed E-state index contributed by atoms with van der Waals surface area (Å²) in [6, 6.07) is 10.6. The topological polar surface area (TPSA) is 97.6 Å². The molecule has 2 amide bonds. The van der Waals surface area contributed by atoms with Gasteiger partial charge in [-0.2, -0.15) is 0 Å². The summed E-state index contributed by atoms with van der Waals surface area (Å²) in [5.74, 6) is -0.965. The molecule has 0 saturated heterocycles. The molecule has 6 rings (SSSR count). The second-order valence-electron chi connectivity index (χ2n) is 9.84. The zero-order valence-corrected chi connectivity index (χ0v) is 20.0. The molecule has 3 fully saturated rings. The van der Waals surface area contributed by atoms with Crippen molar-refractivity contribution in [3.63, 3.8) is 0 Å². The van der Waals surface area contributed by atoms with Crippen molar-refractivity contribution in [3.05, 3.63) is 74.9 Å². The Balaban J connectivity index is 1.16. The lowest BCUT2D eigenvalue weighted by molar-refractivity contribution is -0.141. The predicted octanol–water partition coefficient (Wildman–Crippen LogP) is 4.31. The van der Waals surface area contributed by atoms with Crippen molar-refractivity contribution in [2.75, 3.05) is 6.61 Å². The first-order chi connectivity index (χ1) is 16.6. The maximum atomic E-state index is 13.5. The Morgan fingerprint density at radius 3 is 2.49 bits per heavy atom. The van der Waals surface area contributed by atoms with Gasteiger partial charge < -0.3 is 19.8 Å². The number of carbonyl (C=O) groups excluding carboxylic acids is 2. The molecule has 2 aromatic carbocycles. The van der Waals surface area contributed by atoms with Crippen molar-refractivity contribution >= 4 is 34.4 Å². The molecule has 3 saturated carbocycles. The summed E-state index contributed by atoms with van der Waals surface area (Å²) in [7, 11) is 0. The molecule has 3 aliphatic carbocycles. The van der Waals surface area contributed by atoms with E-state index in [4.69, 9.17) is 20.8 Å². The summed E-state index contributed by atoms with van der Waals surface area (Å²) in [5.41, 5.74) is 0.305. The van der Waals surface area contributed by atoms with Crippen molar-refractivity contribution in [2.45, 2.75) is 50.1 Å². The molecule has 2 N–H and O–H groups in total. The fourth-order valence-corrected chi connectivity index (χ4v) is 5.17. The molecule has 182 valence electrons. The van der Waals surface area contributed by atoms with Gasteiger partial charge in [-0.1, -0.05) is 31.5 Å². The summed E-state index contributed by atoms with van der Waals surface area (Å²) < 4.78 is 24.5. The number of carbonyl (C=O) groups is 2. The van der Waals surface area contributed by atoms with Gasteiger partial charge in [0.05, 0.1) is 10.4 Å². The monoisotopic (exact) mass is 498 g/mol. The average molecular weight is 499 g/mol. The van der Waals surface area contributed by atoms with Crippen molar-refractivity contribution in [1.82, 2.24) is 10.6 Å². The quantitative estimate of drug-likeness (QED) is 0.506. The Kier molecular flexibility index (Phi) is 5.59. The summed E-state index contributed by atoms with van der Waals surface area (Å²) in [5, 5.41) is 6.31. The second kappa shape index (κ2) is 8.37. The van der Waals surface area contributed by atoms with Crippen LogP contribution in [0, 0.1) is 5.82 Å². The summed E-state index contributed by atoms with van der Waals surface area (Å²) in [4.78, 5) is 37.7. The van der Waals surface area contributed by atoms with E-state index in [1.807, 2.05) is 19.9 Å². The van der Waals surface area contributed by atoms with Gasteiger partial charge >= 0.3 is 0 Å². The number of hydrogen-bond acceptors (Lipinski definition) is 5. The van der Waals surface area contributed by atoms with Gasteiger partial charge in [-0.3, -0.25) is 14.4 Å². The maximum absolute atomic E-state index is 13.5. The van der Waals surface area contributed by atoms with Crippen molar-refractivity contribution in [2.24, 2.45) is 0 Å². The second-order valence-corrected chi connectivity index (χ2v) is 10.3. The number of amides is 2. The van der Waals surface area contributed by atoms with E-state index in [1.165, 1.54) is 18.2 Å². The minimum Gasteiger partial charge on any atom is -0.484 e. The van der Waals surface area contributed by atoms with Gasteiger partial charge in [0, 0.05) is 23.2 Å². The Labute approximate surface area is 205 Å². The van der Waals surface area contributed by atoms with Crippen LogP contribution < -0.4 is 20.8 Å². The molecule has 7 nitrogen and oxygen atoms in total. The standard InChI is InChI=1S/C26H24ClFN2O5/c1-14(2)15-3-6-21-17(7-15)20(31)9-22(35-21)24(33)30-26-11-25(12-26,13-26)29-23(32)10-34-16-4-5-18(27)19(28)8-16/h3-9,14H,10-13H2,1-2H3,(H,29,32)(H,30,33). The van der Waals surface area contributed by atoms with Gasteiger partial charge in [0.2, 0.25) is 0 Å². The average Bonchev–Trinajstić information content (AvgIpc) is 2.77. The van der Waals surface area contributed by atoms with Crippen molar-refractivity contribution in [1.29, 1.82) is 0 Å². The fourth-order valence-electron chi connectivity index (χ4n) is 5.05. The van der Waals surface area contributed by atoms with Crippen LogP contribution >= 0.6 is 11.6 Å². The summed E-state index contributed by atoms with van der Waals surface area (Å²) in [6.07, 6.45) is 1.72. The first-order valence-corrected chi connectivity index (χ1v) is 11.7. The molecule has 3 aliphatic rings. The van der Waals surface area contributed by atoms with Crippen LogP contribution in [0.4, 0.5) is 4.39 Å². The highest BCUT2D eigenvalue weighted by Crippen LogP contribution is 2.60. The van der Waals surface area contributed by atoms with Gasteiger partial charge in [0.1, 0.15) is 17.1 Å². The van der Waals surface area contributed by atoms with Crippen molar-refractivity contribution < 1.29 is 23.1 Å². The number of hydrogen-bond donors (Lipinski definition) is 2. The van der Waals surface area contributed by atoms with E-state index in [0.29, 0.717) is 30.2 Å². The van der Waals surface area contributed by atoms with Gasteiger partial charge in [-0.15, -0.1) is 0 Å². The third-order valence-corrected chi connectivity index (χ3v) is 7.02. The Morgan fingerprint density at radius 2 is 1.80 bits per heavy atom. The molecule has 9 heteroatoms. The Morgan fingerprint density at radius 1 is 1.09 bits per heavy atom. The SMILES string of the molecule is CC(C)c1ccc2oc(C(=O)NC34CC(NC(=O)COc5ccc(Cl)c(F)c5)(C3)C4)cc(=O)c2c1. The fraction of sp³-hybridized carbons (Fsp3) is 0.346. The maximum Gasteiger partial charge on any atom is 0.287 e. The van der Waals surface area contributed by atoms with E-state index in [1.54, 1.807) is 12.1 Å². The number of nitrogens with one attached hydrogen (secondary N) is 2. The van der Waals surface area contributed by atoms with Gasteiger partial charge in [0.25, 0.3) is 11.8 Å². The van der Waals surface area contributed by atoms with E-state index in [-0.39, 0.29) is 40.4 Å². The third kappa shape index (κ3) is 4.38. The van der Waals surface area contributed by atoms with E-state index < -0.39 is 22.8 Å². The summed E-state index contributed by atoms with van der Waals surface area (Å²) in [6.45, 7) is 3.82. The zero-order chi connectivity index (χ0) is 25.0. The lowest BCUT2D eigenvalue weighted by Gasteiger charge is -2.70. The molecular formula is C26H24ClFN2O5. The van der Waals surface area contributed by atoms with Crippen LogP contribution in [0.15, 0.2) is 51.7 Å². The van der Waals surface area contributed by atoms with Gasteiger partial charge in [0.15, 0.2) is 17.8 Å². The largest absolute Gasteiger partial charge is 0.484 e. The van der Waals surface area contributed by atoms with Crippen LogP contribution in [-0.4, -0.2) is 29.5 Å². The lowest BCUT2D eigenvalue weighted by atomic mass is 9.44. The molecule has 0 atom stereocenters. The number of benzene rings is 2. The third-order valence-electron chi connectivity index (χ3n) is 6.72. The number of fused-ring (bicyclic) bond motifs is 1. The Bertz CT molecular complexity index is 1400.